The molecule has 4 aromatic rings. The Hall–Kier alpha value is -4.26. The van der Waals surface area contributed by atoms with Crippen molar-refractivity contribution < 1.29 is 19.0 Å². The van der Waals surface area contributed by atoms with Gasteiger partial charge in [-0.3, -0.25) is 4.79 Å². The molecule has 0 spiro atoms. The predicted octanol–water partition coefficient (Wildman–Crippen LogP) is 5.15. The van der Waals surface area contributed by atoms with Crippen LogP contribution in [0.15, 0.2) is 79.4 Å². The molecule has 7 heteroatoms. The van der Waals surface area contributed by atoms with Crippen molar-refractivity contribution in [2.75, 3.05) is 27.4 Å². The summed E-state index contributed by atoms with van der Waals surface area (Å²) in [6.07, 6.45) is 4.40. The Morgan fingerprint density at radius 3 is 2.61 bits per heavy atom. The quantitative estimate of drug-likeness (QED) is 0.186. The monoisotopic (exact) mass is 513 g/mol. The molecule has 0 aliphatic heterocycles. The topological polar surface area (TPSA) is 74.6 Å². The molecule has 0 aliphatic rings. The molecule has 0 atom stereocenters. The lowest BCUT2D eigenvalue weighted by molar-refractivity contribution is -0.120. The van der Waals surface area contributed by atoms with E-state index in [-0.39, 0.29) is 12.3 Å². The first-order valence-electron chi connectivity index (χ1n) is 12.9. The SMILES string of the molecule is C=CCc1ccccc1OCCCn1c(CCNC(=O)Cc2ccc(OC)c(OC)c2)nc2ccccc21. The molecule has 0 radical (unpaired) electrons. The number of aromatic nitrogens is 2. The van der Waals surface area contributed by atoms with Crippen LogP contribution in [0.3, 0.4) is 0 Å². The number of carbonyl (C=O) groups is 1. The number of carbonyl (C=O) groups excluding carboxylic acids is 1. The third-order valence-corrected chi connectivity index (χ3v) is 6.34. The number of amides is 1. The fraction of sp³-hybridized carbons (Fsp3) is 0.290. The van der Waals surface area contributed by atoms with E-state index in [2.05, 4.69) is 28.6 Å². The standard InChI is InChI=1S/C31H35N3O4/c1-4-10-24-11-5-8-14-27(24)38-20-9-19-34-26-13-7-6-12-25(26)33-30(34)17-18-32-31(35)22-23-15-16-28(36-2)29(21-23)37-3/h4-8,11-16,21H,1,9-10,17-20,22H2,2-3H3,(H,32,35). The van der Waals surface area contributed by atoms with Crippen molar-refractivity contribution in [2.24, 2.45) is 0 Å². The van der Waals surface area contributed by atoms with Gasteiger partial charge in [0.25, 0.3) is 0 Å². The summed E-state index contributed by atoms with van der Waals surface area (Å²) in [5, 5.41) is 3.03. The summed E-state index contributed by atoms with van der Waals surface area (Å²) in [5.41, 5.74) is 4.05. The number of rotatable bonds is 14. The summed E-state index contributed by atoms with van der Waals surface area (Å²) in [6.45, 7) is 5.71. The van der Waals surface area contributed by atoms with E-state index in [9.17, 15) is 4.79 Å². The lowest BCUT2D eigenvalue weighted by atomic mass is 10.1. The summed E-state index contributed by atoms with van der Waals surface area (Å²) in [4.78, 5) is 17.4. The Morgan fingerprint density at radius 1 is 1.00 bits per heavy atom. The molecular weight excluding hydrogens is 478 g/mol. The van der Waals surface area contributed by atoms with Gasteiger partial charge in [-0.05, 0) is 54.3 Å². The largest absolute Gasteiger partial charge is 0.493 e. The van der Waals surface area contributed by atoms with Crippen molar-refractivity contribution in [1.29, 1.82) is 0 Å². The molecule has 1 heterocycles. The number of nitrogens with one attached hydrogen (secondary N) is 1. The second-order valence-electron chi connectivity index (χ2n) is 8.94. The van der Waals surface area contributed by atoms with E-state index in [0.29, 0.717) is 31.1 Å². The van der Waals surface area contributed by atoms with Crippen molar-refractivity contribution in [1.82, 2.24) is 14.9 Å². The van der Waals surface area contributed by atoms with Gasteiger partial charge in [0.1, 0.15) is 11.6 Å². The molecule has 7 nitrogen and oxygen atoms in total. The van der Waals surface area contributed by atoms with E-state index in [1.54, 1.807) is 14.2 Å². The Labute approximate surface area is 224 Å². The molecule has 38 heavy (non-hydrogen) atoms. The van der Waals surface area contributed by atoms with Gasteiger partial charge in [0.05, 0.1) is 38.3 Å². The van der Waals surface area contributed by atoms with Gasteiger partial charge in [0.2, 0.25) is 5.91 Å². The maximum atomic E-state index is 12.6. The Morgan fingerprint density at radius 2 is 1.79 bits per heavy atom. The fourth-order valence-electron chi connectivity index (χ4n) is 4.49. The summed E-state index contributed by atoms with van der Waals surface area (Å²) in [5.74, 6) is 3.05. The van der Waals surface area contributed by atoms with Crippen LogP contribution in [-0.2, 0) is 30.6 Å². The first-order chi connectivity index (χ1) is 18.6. The number of allylic oxidation sites excluding steroid dienone is 1. The average molecular weight is 514 g/mol. The van der Waals surface area contributed by atoms with Crippen LogP contribution in [0.1, 0.15) is 23.4 Å². The number of fused-ring (bicyclic) bond motifs is 1. The molecular formula is C31H35N3O4. The van der Waals surface area contributed by atoms with Crippen molar-refractivity contribution in [3.8, 4) is 17.2 Å². The van der Waals surface area contributed by atoms with Crippen molar-refractivity contribution in [2.45, 2.75) is 32.2 Å². The molecule has 198 valence electrons. The number of imidazole rings is 1. The molecule has 1 N–H and O–H groups in total. The van der Waals surface area contributed by atoms with E-state index < -0.39 is 0 Å². The van der Waals surface area contributed by atoms with E-state index >= 15 is 0 Å². The van der Waals surface area contributed by atoms with Gasteiger partial charge >= 0.3 is 0 Å². The van der Waals surface area contributed by atoms with E-state index in [0.717, 1.165) is 53.1 Å². The smallest absolute Gasteiger partial charge is 0.224 e. The minimum absolute atomic E-state index is 0.0496. The van der Waals surface area contributed by atoms with Crippen molar-refractivity contribution >= 4 is 16.9 Å². The molecule has 3 aromatic carbocycles. The molecule has 0 bridgehead atoms. The first-order valence-corrected chi connectivity index (χ1v) is 12.9. The highest BCUT2D eigenvalue weighted by Crippen LogP contribution is 2.27. The highest BCUT2D eigenvalue weighted by atomic mass is 16.5. The molecule has 1 aromatic heterocycles. The third kappa shape index (κ3) is 6.73. The van der Waals surface area contributed by atoms with Gasteiger partial charge < -0.3 is 24.1 Å². The average Bonchev–Trinajstić information content (AvgIpc) is 3.29. The zero-order valence-corrected chi connectivity index (χ0v) is 22.1. The summed E-state index contributed by atoms with van der Waals surface area (Å²) < 4.78 is 18.9. The maximum absolute atomic E-state index is 12.6. The number of methoxy groups -OCH3 is 2. The maximum Gasteiger partial charge on any atom is 0.224 e. The first kappa shape index (κ1) is 26.8. The van der Waals surface area contributed by atoms with Crippen LogP contribution in [0.25, 0.3) is 11.0 Å². The van der Waals surface area contributed by atoms with Crippen LogP contribution in [0.5, 0.6) is 17.2 Å². The minimum Gasteiger partial charge on any atom is -0.493 e. The Bertz CT molecular complexity index is 1380. The molecule has 0 saturated carbocycles. The number of aryl methyl sites for hydroxylation is 1. The molecule has 4 rings (SSSR count). The van der Waals surface area contributed by atoms with Crippen molar-refractivity contribution in [3.05, 3.63) is 96.3 Å². The van der Waals surface area contributed by atoms with E-state index in [1.807, 2.05) is 60.7 Å². The number of ether oxygens (including phenoxy) is 3. The second kappa shape index (κ2) is 13.3. The summed E-state index contributed by atoms with van der Waals surface area (Å²) >= 11 is 0. The lowest BCUT2D eigenvalue weighted by Gasteiger charge is -2.13. The normalized spacial score (nSPS) is 10.8. The summed E-state index contributed by atoms with van der Waals surface area (Å²) in [7, 11) is 3.18. The van der Waals surface area contributed by atoms with Gasteiger partial charge in [-0.25, -0.2) is 4.98 Å². The lowest BCUT2D eigenvalue weighted by Crippen LogP contribution is -2.28. The van der Waals surface area contributed by atoms with Crippen LogP contribution >= 0.6 is 0 Å². The number of nitrogens with zero attached hydrogens (tertiary/aromatic N) is 2. The van der Waals surface area contributed by atoms with Gasteiger partial charge in [-0.1, -0.05) is 42.5 Å². The van der Waals surface area contributed by atoms with Crippen LogP contribution in [0.2, 0.25) is 0 Å². The van der Waals surface area contributed by atoms with Crippen LogP contribution < -0.4 is 19.5 Å². The number of benzene rings is 3. The second-order valence-corrected chi connectivity index (χ2v) is 8.94. The third-order valence-electron chi connectivity index (χ3n) is 6.34. The molecule has 1 amide bonds. The zero-order chi connectivity index (χ0) is 26.7. The minimum atomic E-state index is -0.0496. The number of hydrogen-bond donors (Lipinski definition) is 1. The predicted molar refractivity (Wildman–Crippen MR) is 150 cm³/mol. The van der Waals surface area contributed by atoms with Crippen molar-refractivity contribution in [3.63, 3.8) is 0 Å². The number of para-hydroxylation sites is 3. The number of hydrogen-bond acceptors (Lipinski definition) is 5. The highest BCUT2D eigenvalue weighted by Gasteiger charge is 2.12. The Kier molecular flexibility index (Phi) is 9.40. The van der Waals surface area contributed by atoms with Gasteiger partial charge in [0, 0.05) is 19.5 Å². The van der Waals surface area contributed by atoms with Gasteiger partial charge in [-0.15, -0.1) is 6.58 Å². The van der Waals surface area contributed by atoms with Crippen LogP contribution in [0.4, 0.5) is 0 Å². The molecule has 0 unspecified atom stereocenters. The van der Waals surface area contributed by atoms with E-state index in [4.69, 9.17) is 19.2 Å². The highest BCUT2D eigenvalue weighted by molar-refractivity contribution is 5.79. The van der Waals surface area contributed by atoms with Gasteiger partial charge in [0.15, 0.2) is 11.5 Å². The molecule has 0 saturated heterocycles. The van der Waals surface area contributed by atoms with Crippen LogP contribution in [-0.4, -0.2) is 42.8 Å². The molecule has 0 aliphatic carbocycles. The zero-order valence-electron chi connectivity index (χ0n) is 22.1. The fourth-order valence-corrected chi connectivity index (χ4v) is 4.49. The van der Waals surface area contributed by atoms with Crippen LogP contribution in [0, 0.1) is 0 Å². The Balaban J connectivity index is 1.34. The van der Waals surface area contributed by atoms with E-state index in [1.165, 1.54) is 0 Å². The summed E-state index contributed by atoms with van der Waals surface area (Å²) in [6, 6.07) is 21.7. The van der Waals surface area contributed by atoms with Gasteiger partial charge in [-0.2, -0.15) is 0 Å². The molecule has 0 fully saturated rings.